The van der Waals surface area contributed by atoms with E-state index in [9.17, 15) is 5.11 Å². The van der Waals surface area contributed by atoms with Crippen molar-refractivity contribution >= 4 is 0 Å². The van der Waals surface area contributed by atoms with Gasteiger partial charge in [-0.15, -0.1) is 0 Å². The largest absolute Gasteiger partial charge is 0.493 e. The first-order chi connectivity index (χ1) is 10.5. The van der Waals surface area contributed by atoms with E-state index in [1.54, 1.807) is 14.2 Å². The maximum Gasteiger partial charge on any atom is 0.161 e. The van der Waals surface area contributed by atoms with Crippen LogP contribution in [0.4, 0.5) is 0 Å². The molecule has 0 aliphatic heterocycles. The molecule has 22 heavy (non-hydrogen) atoms. The number of nitrogens with zero attached hydrogens (tertiary/aromatic N) is 1. The van der Waals surface area contributed by atoms with Crippen LogP contribution in [-0.4, -0.2) is 24.9 Å². The molecule has 1 aromatic rings. The number of aryl methyl sites for hydroxylation is 1. The summed E-state index contributed by atoms with van der Waals surface area (Å²) in [6.07, 6.45) is 2.36. The molecular formula is C18H25NO3. The first-order valence-corrected chi connectivity index (χ1v) is 7.81. The Hall–Kier alpha value is -1.73. The van der Waals surface area contributed by atoms with Crippen molar-refractivity contribution in [2.75, 3.05) is 14.2 Å². The molecule has 1 N–H and O–H groups in total. The normalized spacial score (nSPS) is 23.8. The van der Waals surface area contributed by atoms with Gasteiger partial charge in [-0.3, -0.25) is 0 Å². The molecule has 0 aromatic heterocycles. The SMILES string of the molecule is COc1cc2c(cc1OC)[C@H](C(C)C)[C@@](O)(CCC#N)CC2. The van der Waals surface area contributed by atoms with E-state index in [2.05, 4.69) is 19.9 Å². The second-order valence-electron chi connectivity index (χ2n) is 6.39. The van der Waals surface area contributed by atoms with Gasteiger partial charge in [-0.2, -0.15) is 5.26 Å². The molecule has 0 bridgehead atoms. The van der Waals surface area contributed by atoms with Crippen molar-refractivity contribution in [3.05, 3.63) is 23.3 Å². The summed E-state index contributed by atoms with van der Waals surface area (Å²) in [5.74, 6) is 1.70. The van der Waals surface area contributed by atoms with Gasteiger partial charge in [0.15, 0.2) is 11.5 Å². The predicted molar refractivity (Wildman–Crippen MR) is 85.2 cm³/mol. The Balaban J connectivity index is 2.51. The molecule has 0 amide bonds. The zero-order valence-electron chi connectivity index (χ0n) is 13.8. The average Bonchev–Trinajstić information content (AvgIpc) is 2.51. The van der Waals surface area contributed by atoms with E-state index in [0.29, 0.717) is 25.0 Å². The van der Waals surface area contributed by atoms with E-state index < -0.39 is 5.60 Å². The summed E-state index contributed by atoms with van der Waals surface area (Å²) in [4.78, 5) is 0. The van der Waals surface area contributed by atoms with Crippen LogP contribution < -0.4 is 9.47 Å². The van der Waals surface area contributed by atoms with Gasteiger partial charge in [0.25, 0.3) is 0 Å². The summed E-state index contributed by atoms with van der Waals surface area (Å²) >= 11 is 0. The van der Waals surface area contributed by atoms with Crippen LogP contribution in [0, 0.1) is 17.2 Å². The van der Waals surface area contributed by atoms with Crippen LogP contribution in [0.3, 0.4) is 0 Å². The average molecular weight is 303 g/mol. The van der Waals surface area contributed by atoms with E-state index in [1.165, 1.54) is 5.56 Å². The standard InChI is InChI=1S/C18H25NO3/c1-12(2)17-14-11-16(22-4)15(21-3)10-13(14)6-8-18(17,20)7-5-9-19/h10-12,17,20H,5-8H2,1-4H3/t17-,18+/m0/s1. The summed E-state index contributed by atoms with van der Waals surface area (Å²) in [6.45, 7) is 4.24. The second-order valence-corrected chi connectivity index (χ2v) is 6.39. The van der Waals surface area contributed by atoms with Crippen molar-refractivity contribution in [3.8, 4) is 17.6 Å². The lowest BCUT2D eigenvalue weighted by molar-refractivity contribution is -0.0235. The molecule has 1 aromatic carbocycles. The van der Waals surface area contributed by atoms with Crippen LogP contribution in [0.15, 0.2) is 12.1 Å². The number of hydrogen-bond donors (Lipinski definition) is 1. The lowest BCUT2D eigenvalue weighted by atomic mass is 9.65. The van der Waals surface area contributed by atoms with Crippen molar-refractivity contribution < 1.29 is 14.6 Å². The fourth-order valence-electron chi connectivity index (χ4n) is 3.77. The molecule has 0 unspecified atom stereocenters. The van der Waals surface area contributed by atoms with E-state index in [1.807, 2.05) is 12.1 Å². The van der Waals surface area contributed by atoms with Crippen molar-refractivity contribution in [2.24, 2.45) is 5.92 Å². The third-order valence-corrected chi connectivity index (χ3v) is 4.72. The molecule has 0 fully saturated rings. The minimum absolute atomic E-state index is 0.00408. The molecular weight excluding hydrogens is 278 g/mol. The highest BCUT2D eigenvalue weighted by Gasteiger charge is 2.43. The van der Waals surface area contributed by atoms with Crippen molar-refractivity contribution in [1.29, 1.82) is 5.26 Å². The fourth-order valence-corrected chi connectivity index (χ4v) is 3.77. The van der Waals surface area contributed by atoms with Gasteiger partial charge < -0.3 is 14.6 Å². The molecule has 1 aliphatic carbocycles. The van der Waals surface area contributed by atoms with Crippen LogP contribution >= 0.6 is 0 Å². The molecule has 2 rings (SSSR count). The summed E-state index contributed by atoms with van der Waals surface area (Å²) in [5, 5.41) is 20.0. The highest BCUT2D eigenvalue weighted by molar-refractivity contribution is 5.50. The van der Waals surface area contributed by atoms with Crippen molar-refractivity contribution in [3.63, 3.8) is 0 Å². The molecule has 4 heteroatoms. The molecule has 2 atom stereocenters. The lowest BCUT2D eigenvalue weighted by Gasteiger charge is -2.43. The monoisotopic (exact) mass is 303 g/mol. The Morgan fingerprint density at radius 1 is 1.32 bits per heavy atom. The van der Waals surface area contributed by atoms with Gasteiger partial charge in [0.2, 0.25) is 0 Å². The zero-order chi connectivity index (χ0) is 16.3. The van der Waals surface area contributed by atoms with Crippen molar-refractivity contribution in [2.45, 2.75) is 51.0 Å². The van der Waals surface area contributed by atoms with Crippen molar-refractivity contribution in [1.82, 2.24) is 0 Å². The van der Waals surface area contributed by atoms with E-state index in [4.69, 9.17) is 14.7 Å². The van der Waals surface area contributed by atoms with E-state index >= 15 is 0 Å². The number of ether oxygens (including phenoxy) is 2. The topological polar surface area (TPSA) is 62.5 Å². The molecule has 0 spiro atoms. The smallest absolute Gasteiger partial charge is 0.161 e. The Morgan fingerprint density at radius 3 is 2.50 bits per heavy atom. The number of rotatable bonds is 5. The Bertz CT molecular complexity index is 576. The quantitative estimate of drug-likeness (QED) is 0.905. The van der Waals surface area contributed by atoms with Gasteiger partial charge in [-0.25, -0.2) is 0 Å². The first kappa shape index (κ1) is 16.6. The maximum absolute atomic E-state index is 11.1. The molecule has 0 saturated carbocycles. The molecule has 4 nitrogen and oxygen atoms in total. The summed E-state index contributed by atoms with van der Waals surface area (Å²) < 4.78 is 10.8. The highest BCUT2D eigenvalue weighted by Crippen LogP contribution is 2.48. The Morgan fingerprint density at radius 2 is 1.95 bits per heavy atom. The van der Waals surface area contributed by atoms with Gasteiger partial charge in [0, 0.05) is 12.3 Å². The molecule has 0 radical (unpaired) electrons. The molecule has 1 aliphatic rings. The number of aliphatic hydroxyl groups is 1. The summed E-state index contributed by atoms with van der Waals surface area (Å²) in [6, 6.07) is 6.18. The Labute approximate surface area is 132 Å². The molecule has 0 saturated heterocycles. The van der Waals surface area contributed by atoms with Gasteiger partial charge in [0.1, 0.15) is 0 Å². The van der Waals surface area contributed by atoms with Crippen LogP contribution in [-0.2, 0) is 6.42 Å². The van der Waals surface area contributed by atoms with Gasteiger partial charge in [-0.05, 0) is 48.4 Å². The first-order valence-electron chi connectivity index (χ1n) is 7.81. The number of nitriles is 1. The number of methoxy groups -OCH3 is 2. The van der Waals surface area contributed by atoms with Gasteiger partial charge >= 0.3 is 0 Å². The Kier molecular flexibility index (Phi) is 4.97. The van der Waals surface area contributed by atoms with Gasteiger partial charge in [0.05, 0.1) is 25.9 Å². The van der Waals surface area contributed by atoms with Crippen LogP contribution in [0.2, 0.25) is 0 Å². The number of fused-ring (bicyclic) bond motifs is 1. The lowest BCUT2D eigenvalue weighted by Crippen LogP contribution is -2.42. The third kappa shape index (κ3) is 2.91. The van der Waals surface area contributed by atoms with Crippen LogP contribution in [0.5, 0.6) is 11.5 Å². The molecule has 120 valence electrons. The van der Waals surface area contributed by atoms with Gasteiger partial charge in [-0.1, -0.05) is 13.8 Å². The van der Waals surface area contributed by atoms with Crippen LogP contribution in [0.1, 0.15) is 50.2 Å². The fraction of sp³-hybridized carbons (Fsp3) is 0.611. The minimum atomic E-state index is -0.823. The summed E-state index contributed by atoms with van der Waals surface area (Å²) in [7, 11) is 3.26. The molecule has 0 heterocycles. The van der Waals surface area contributed by atoms with Crippen LogP contribution in [0.25, 0.3) is 0 Å². The zero-order valence-corrected chi connectivity index (χ0v) is 13.8. The van der Waals surface area contributed by atoms with E-state index in [0.717, 1.165) is 17.7 Å². The predicted octanol–water partition coefficient (Wildman–Crippen LogP) is 3.42. The summed E-state index contributed by atoms with van der Waals surface area (Å²) in [5.41, 5.74) is 1.51. The highest BCUT2D eigenvalue weighted by atomic mass is 16.5. The second kappa shape index (κ2) is 6.58. The van der Waals surface area contributed by atoms with E-state index in [-0.39, 0.29) is 11.8 Å². The number of hydrogen-bond acceptors (Lipinski definition) is 4. The third-order valence-electron chi connectivity index (χ3n) is 4.72. The number of benzene rings is 1. The maximum atomic E-state index is 11.1. The minimum Gasteiger partial charge on any atom is -0.493 e.